The highest BCUT2D eigenvalue weighted by atomic mass is 16.4. The van der Waals surface area contributed by atoms with Gasteiger partial charge in [-0.1, -0.05) is 6.07 Å². The van der Waals surface area contributed by atoms with Gasteiger partial charge < -0.3 is 10.0 Å². The molecule has 1 saturated heterocycles. The number of rotatable bonds is 3. The van der Waals surface area contributed by atoms with Gasteiger partial charge in [0.05, 0.1) is 5.41 Å². The average Bonchev–Trinajstić information content (AvgIpc) is 2.81. The number of pyridine rings is 1. The number of nitrogens with zero attached hydrogens (tertiary/aromatic N) is 2. The fourth-order valence-corrected chi connectivity index (χ4v) is 2.07. The van der Waals surface area contributed by atoms with Gasteiger partial charge in [-0.25, -0.2) is 0 Å². The molecule has 5 nitrogen and oxygen atoms in total. The van der Waals surface area contributed by atoms with Gasteiger partial charge in [0.1, 0.15) is 0 Å². The van der Waals surface area contributed by atoms with E-state index in [0.717, 1.165) is 5.56 Å². The number of likely N-dealkylation sites (tertiary alicyclic amines) is 1. The van der Waals surface area contributed by atoms with Crippen LogP contribution in [0.15, 0.2) is 30.6 Å². The third-order valence-corrected chi connectivity index (χ3v) is 3.40. The van der Waals surface area contributed by atoms with Crippen LogP contribution in [-0.4, -0.2) is 40.0 Å². The van der Waals surface area contributed by atoms with Crippen molar-refractivity contribution in [1.29, 1.82) is 0 Å². The maximum Gasteiger partial charge on any atom is 0.311 e. The highest BCUT2D eigenvalue weighted by Crippen LogP contribution is 2.30. The van der Waals surface area contributed by atoms with E-state index in [1.807, 2.05) is 6.07 Å². The monoisotopic (exact) mass is 260 g/mol. The normalized spacial score (nSPS) is 22.9. The Labute approximate surface area is 111 Å². The summed E-state index contributed by atoms with van der Waals surface area (Å²) in [6.07, 6.45) is 6.97. The van der Waals surface area contributed by atoms with Gasteiger partial charge in [0.15, 0.2) is 0 Å². The Kier molecular flexibility index (Phi) is 3.64. The summed E-state index contributed by atoms with van der Waals surface area (Å²) in [6.45, 7) is 2.42. The summed E-state index contributed by atoms with van der Waals surface area (Å²) in [5, 5.41) is 9.12. The molecule has 1 aromatic rings. The molecule has 5 heteroatoms. The smallest absolute Gasteiger partial charge is 0.311 e. The van der Waals surface area contributed by atoms with E-state index in [1.54, 1.807) is 36.4 Å². The molecule has 0 bridgehead atoms. The number of amides is 1. The van der Waals surface area contributed by atoms with Crippen molar-refractivity contribution in [2.24, 2.45) is 5.41 Å². The molecule has 1 aliphatic rings. The molecule has 0 saturated carbocycles. The molecular weight excluding hydrogens is 244 g/mol. The molecule has 0 aromatic carbocycles. The van der Waals surface area contributed by atoms with Crippen LogP contribution >= 0.6 is 0 Å². The van der Waals surface area contributed by atoms with E-state index in [-0.39, 0.29) is 12.5 Å². The van der Waals surface area contributed by atoms with Crippen molar-refractivity contribution in [3.63, 3.8) is 0 Å². The van der Waals surface area contributed by atoms with Gasteiger partial charge in [-0.3, -0.25) is 14.6 Å². The van der Waals surface area contributed by atoms with Gasteiger partial charge >= 0.3 is 5.97 Å². The zero-order valence-electron chi connectivity index (χ0n) is 10.7. The molecule has 1 amide bonds. The number of carboxylic acids is 1. The molecule has 1 aliphatic heterocycles. The average molecular weight is 260 g/mol. The summed E-state index contributed by atoms with van der Waals surface area (Å²) in [5.74, 6) is -1.01. The minimum Gasteiger partial charge on any atom is -0.481 e. The second-order valence-corrected chi connectivity index (χ2v) is 5.00. The molecule has 1 atom stereocenters. The maximum atomic E-state index is 12.0. The van der Waals surface area contributed by atoms with Gasteiger partial charge in [-0.15, -0.1) is 0 Å². The number of carbonyl (C=O) groups excluding carboxylic acids is 1. The van der Waals surface area contributed by atoms with E-state index in [2.05, 4.69) is 4.98 Å². The zero-order chi connectivity index (χ0) is 13.9. The van der Waals surface area contributed by atoms with Crippen LogP contribution in [0.2, 0.25) is 0 Å². The molecule has 1 N–H and O–H groups in total. The van der Waals surface area contributed by atoms with Crippen LogP contribution in [0.1, 0.15) is 18.9 Å². The molecule has 100 valence electrons. The number of hydrogen-bond acceptors (Lipinski definition) is 3. The second-order valence-electron chi connectivity index (χ2n) is 5.00. The van der Waals surface area contributed by atoms with Crippen molar-refractivity contribution in [1.82, 2.24) is 9.88 Å². The Morgan fingerprint density at radius 3 is 2.89 bits per heavy atom. The summed E-state index contributed by atoms with van der Waals surface area (Å²) in [5.41, 5.74) is 0.0219. The highest BCUT2D eigenvalue weighted by molar-refractivity contribution is 5.92. The number of aliphatic carboxylic acids is 1. The lowest BCUT2D eigenvalue weighted by Gasteiger charge is -2.18. The van der Waals surface area contributed by atoms with Gasteiger partial charge in [0.2, 0.25) is 5.91 Å². The molecule has 0 radical (unpaired) electrons. The summed E-state index contributed by atoms with van der Waals surface area (Å²) < 4.78 is 0. The Hall–Kier alpha value is -2.17. The Balaban J connectivity index is 1.99. The van der Waals surface area contributed by atoms with Gasteiger partial charge in [0, 0.05) is 31.6 Å². The lowest BCUT2D eigenvalue weighted by atomic mass is 9.90. The molecule has 2 heterocycles. The van der Waals surface area contributed by atoms with Crippen molar-refractivity contribution < 1.29 is 14.7 Å². The third kappa shape index (κ3) is 2.99. The summed E-state index contributed by atoms with van der Waals surface area (Å²) in [6, 6.07) is 3.64. The van der Waals surface area contributed by atoms with E-state index in [1.165, 1.54) is 6.08 Å². The van der Waals surface area contributed by atoms with E-state index in [4.69, 9.17) is 5.11 Å². The first-order chi connectivity index (χ1) is 9.01. The summed E-state index contributed by atoms with van der Waals surface area (Å²) in [4.78, 5) is 28.6. The van der Waals surface area contributed by atoms with Crippen LogP contribution < -0.4 is 0 Å². The van der Waals surface area contributed by atoms with E-state index in [9.17, 15) is 9.59 Å². The first-order valence-electron chi connectivity index (χ1n) is 6.12. The fraction of sp³-hybridized carbons (Fsp3) is 0.357. The topological polar surface area (TPSA) is 70.5 Å². The molecule has 0 aliphatic carbocycles. The first kappa shape index (κ1) is 13.3. The van der Waals surface area contributed by atoms with Crippen molar-refractivity contribution in [3.05, 3.63) is 36.2 Å². The van der Waals surface area contributed by atoms with Gasteiger partial charge in [-0.05, 0) is 31.1 Å². The van der Waals surface area contributed by atoms with Crippen molar-refractivity contribution in [2.75, 3.05) is 13.1 Å². The zero-order valence-corrected chi connectivity index (χ0v) is 10.7. The largest absolute Gasteiger partial charge is 0.481 e. The Morgan fingerprint density at radius 1 is 1.53 bits per heavy atom. The van der Waals surface area contributed by atoms with Crippen LogP contribution in [0.25, 0.3) is 6.08 Å². The standard InChI is InChI=1S/C14H16N2O3/c1-14(13(18)19)6-8-16(10-14)12(17)5-4-11-3-2-7-15-9-11/h2-5,7,9H,6,8,10H2,1H3,(H,18,19)/b5-4+/t14-/m1/s1. The number of carboxylic acid groups (broad SMARTS) is 1. The van der Waals surface area contributed by atoms with Gasteiger partial charge in [-0.2, -0.15) is 0 Å². The van der Waals surface area contributed by atoms with Crippen LogP contribution in [0.3, 0.4) is 0 Å². The second kappa shape index (κ2) is 5.22. The molecule has 2 rings (SSSR count). The Bertz CT molecular complexity index is 513. The molecule has 19 heavy (non-hydrogen) atoms. The predicted octanol–water partition coefficient (Wildman–Crippen LogP) is 1.42. The van der Waals surface area contributed by atoms with Gasteiger partial charge in [0.25, 0.3) is 0 Å². The number of aromatic nitrogens is 1. The van der Waals surface area contributed by atoms with Crippen molar-refractivity contribution >= 4 is 18.0 Å². The third-order valence-electron chi connectivity index (χ3n) is 3.40. The van der Waals surface area contributed by atoms with E-state index in [0.29, 0.717) is 13.0 Å². The molecule has 0 unspecified atom stereocenters. The van der Waals surface area contributed by atoms with E-state index >= 15 is 0 Å². The summed E-state index contributed by atoms with van der Waals surface area (Å²) >= 11 is 0. The highest BCUT2D eigenvalue weighted by Gasteiger charge is 2.41. The molecule has 0 spiro atoms. The van der Waals surface area contributed by atoms with Crippen LogP contribution in [0, 0.1) is 5.41 Å². The number of carbonyl (C=O) groups is 2. The lowest BCUT2D eigenvalue weighted by molar-refractivity contribution is -0.147. The molecular formula is C14H16N2O3. The van der Waals surface area contributed by atoms with Crippen LogP contribution in [-0.2, 0) is 9.59 Å². The van der Waals surface area contributed by atoms with Crippen molar-refractivity contribution in [2.45, 2.75) is 13.3 Å². The Morgan fingerprint density at radius 2 is 2.32 bits per heavy atom. The summed E-state index contributed by atoms with van der Waals surface area (Å²) in [7, 11) is 0. The van der Waals surface area contributed by atoms with Crippen molar-refractivity contribution in [3.8, 4) is 0 Å². The fourth-order valence-electron chi connectivity index (χ4n) is 2.07. The minimum atomic E-state index is -0.848. The van der Waals surface area contributed by atoms with Crippen LogP contribution in [0.4, 0.5) is 0 Å². The van der Waals surface area contributed by atoms with E-state index < -0.39 is 11.4 Å². The minimum absolute atomic E-state index is 0.158. The maximum absolute atomic E-state index is 12.0. The molecule has 1 aromatic heterocycles. The number of hydrogen-bond donors (Lipinski definition) is 1. The van der Waals surface area contributed by atoms with Crippen LogP contribution in [0.5, 0.6) is 0 Å². The lowest BCUT2D eigenvalue weighted by Crippen LogP contribution is -2.34. The first-order valence-corrected chi connectivity index (χ1v) is 6.12. The SMILES string of the molecule is C[C@@]1(C(=O)O)CCN(C(=O)/C=C/c2cccnc2)C1. The quantitative estimate of drug-likeness (QED) is 0.834. The molecule has 1 fully saturated rings. The predicted molar refractivity (Wildman–Crippen MR) is 70.2 cm³/mol.